The summed E-state index contributed by atoms with van der Waals surface area (Å²) in [5.41, 5.74) is 1.84. The van der Waals surface area contributed by atoms with Gasteiger partial charge in [0.2, 0.25) is 0 Å². The highest BCUT2D eigenvalue weighted by atomic mass is 14.8. The summed E-state index contributed by atoms with van der Waals surface area (Å²) in [7, 11) is 0. The molecule has 2 heteroatoms. The van der Waals surface area contributed by atoms with Gasteiger partial charge >= 0.3 is 0 Å². The van der Waals surface area contributed by atoms with Crippen molar-refractivity contribution in [3.05, 3.63) is 30.1 Å². The van der Waals surface area contributed by atoms with E-state index < -0.39 is 0 Å². The summed E-state index contributed by atoms with van der Waals surface area (Å²) in [4.78, 5) is 7.05. The molecule has 2 aromatic rings. The molecule has 1 N–H and O–H groups in total. The van der Waals surface area contributed by atoms with E-state index in [1.807, 2.05) is 19.2 Å². The maximum absolute atomic E-state index is 7.46. The van der Waals surface area contributed by atoms with Gasteiger partial charge in [0.25, 0.3) is 0 Å². The van der Waals surface area contributed by atoms with E-state index in [-0.39, 0.29) is 0 Å². The predicted molar refractivity (Wildman–Crippen MR) is 40.8 cm³/mol. The van der Waals surface area contributed by atoms with Gasteiger partial charge in [-0.2, -0.15) is 0 Å². The van der Waals surface area contributed by atoms with Gasteiger partial charge in [0.05, 0.1) is 1.37 Å². The van der Waals surface area contributed by atoms with Crippen molar-refractivity contribution in [3.63, 3.8) is 0 Å². The highest BCUT2D eigenvalue weighted by Crippen LogP contribution is 2.12. The monoisotopic (exact) mass is 133 g/mol. The summed E-state index contributed by atoms with van der Waals surface area (Å²) in [5, 5.41) is 1.04. The molecule has 0 unspecified atom stereocenters. The molecule has 0 radical (unpaired) electrons. The van der Waals surface area contributed by atoms with Gasteiger partial charge in [-0.25, -0.2) is 4.98 Å². The number of hydrogen-bond donors (Lipinski definition) is 1. The SMILES string of the molecule is [2H]c1cnc2[nH]ccc2c1C. The van der Waals surface area contributed by atoms with E-state index in [1.165, 1.54) is 0 Å². The van der Waals surface area contributed by atoms with Gasteiger partial charge in [0.1, 0.15) is 5.65 Å². The Morgan fingerprint density at radius 2 is 2.60 bits per heavy atom. The third-order valence-corrected chi connectivity index (χ3v) is 1.60. The third-order valence-electron chi connectivity index (χ3n) is 1.60. The number of rotatable bonds is 0. The van der Waals surface area contributed by atoms with E-state index in [0.29, 0.717) is 6.04 Å². The Morgan fingerprint density at radius 1 is 1.70 bits per heavy atom. The maximum Gasteiger partial charge on any atom is 0.137 e. The first-order valence-electron chi connectivity index (χ1n) is 3.68. The molecule has 0 aliphatic heterocycles. The second-order valence-corrected chi connectivity index (χ2v) is 2.27. The first-order valence-corrected chi connectivity index (χ1v) is 3.18. The predicted octanol–water partition coefficient (Wildman–Crippen LogP) is 1.87. The molecule has 0 aliphatic carbocycles. The van der Waals surface area contributed by atoms with Crippen LogP contribution in [0.3, 0.4) is 0 Å². The molecule has 0 saturated heterocycles. The zero-order valence-corrected chi connectivity index (χ0v) is 5.68. The molecule has 0 bridgehead atoms. The van der Waals surface area contributed by atoms with Crippen molar-refractivity contribution in [2.75, 3.05) is 0 Å². The van der Waals surface area contributed by atoms with Crippen LogP contribution in [0, 0.1) is 6.92 Å². The van der Waals surface area contributed by atoms with E-state index in [2.05, 4.69) is 9.97 Å². The molecule has 0 spiro atoms. The summed E-state index contributed by atoms with van der Waals surface area (Å²) >= 11 is 0. The summed E-state index contributed by atoms with van der Waals surface area (Å²) in [6, 6.07) is 2.44. The molecule has 0 fully saturated rings. The number of pyridine rings is 1. The third kappa shape index (κ3) is 0.620. The van der Waals surface area contributed by atoms with E-state index in [1.54, 1.807) is 6.20 Å². The van der Waals surface area contributed by atoms with Gasteiger partial charge in [-0.3, -0.25) is 0 Å². The Bertz CT molecular complexity index is 392. The Kier molecular flexibility index (Phi) is 0.826. The fourth-order valence-corrected chi connectivity index (χ4v) is 1.04. The number of nitrogens with zero attached hydrogens (tertiary/aromatic N) is 1. The van der Waals surface area contributed by atoms with Crippen LogP contribution < -0.4 is 0 Å². The van der Waals surface area contributed by atoms with Crippen molar-refractivity contribution in [2.24, 2.45) is 0 Å². The topological polar surface area (TPSA) is 28.7 Å². The van der Waals surface area contributed by atoms with Crippen molar-refractivity contribution in [1.82, 2.24) is 9.97 Å². The number of nitrogens with one attached hydrogen (secondary N) is 1. The molecule has 0 aromatic carbocycles. The Hall–Kier alpha value is -1.31. The molecule has 50 valence electrons. The Morgan fingerprint density at radius 3 is 3.50 bits per heavy atom. The van der Waals surface area contributed by atoms with E-state index in [4.69, 9.17) is 1.37 Å². The molecule has 10 heavy (non-hydrogen) atoms. The van der Waals surface area contributed by atoms with Crippen molar-refractivity contribution < 1.29 is 1.37 Å². The Labute approximate surface area is 60.3 Å². The molecular weight excluding hydrogens is 124 g/mol. The van der Waals surface area contributed by atoms with Crippen LogP contribution in [-0.4, -0.2) is 9.97 Å². The van der Waals surface area contributed by atoms with Gasteiger partial charge in [-0.15, -0.1) is 0 Å². The van der Waals surface area contributed by atoms with E-state index >= 15 is 0 Å². The second kappa shape index (κ2) is 1.84. The quantitative estimate of drug-likeness (QED) is 0.584. The smallest absolute Gasteiger partial charge is 0.137 e. The number of hydrogen-bond acceptors (Lipinski definition) is 1. The summed E-state index contributed by atoms with van der Waals surface area (Å²) in [6.45, 7) is 1.93. The van der Waals surface area contributed by atoms with Gasteiger partial charge in [0.15, 0.2) is 0 Å². The minimum atomic E-state index is 0.497. The van der Waals surface area contributed by atoms with Crippen molar-refractivity contribution in [2.45, 2.75) is 6.92 Å². The van der Waals surface area contributed by atoms with Crippen LogP contribution in [-0.2, 0) is 0 Å². The fraction of sp³-hybridized carbons (Fsp3) is 0.125. The maximum atomic E-state index is 7.46. The zero-order chi connectivity index (χ0) is 7.84. The highest BCUT2D eigenvalue weighted by molar-refractivity contribution is 5.78. The molecule has 0 aliphatic rings. The first-order chi connectivity index (χ1) is 5.29. The average Bonchev–Trinajstić information content (AvgIpc) is 2.45. The van der Waals surface area contributed by atoms with Gasteiger partial charge in [0, 0.05) is 17.8 Å². The molecule has 0 atom stereocenters. The first kappa shape index (κ1) is 4.50. The standard InChI is InChI=1S/C8H8N2/c1-6-2-4-9-8-7(6)3-5-10-8/h2-5H,1H3,(H,9,10)/i2D. The lowest BCUT2D eigenvalue weighted by Crippen LogP contribution is -1.77. The average molecular weight is 133 g/mol. The molecule has 0 saturated carbocycles. The highest BCUT2D eigenvalue weighted by Gasteiger charge is 1.95. The van der Waals surface area contributed by atoms with Gasteiger partial charge in [-0.1, -0.05) is 0 Å². The minimum Gasteiger partial charge on any atom is -0.346 e. The van der Waals surface area contributed by atoms with Crippen LogP contribution in [0.2, 0.25) is 0 Å². The zero-order valence-electron chi connectivity index (χ0n) is 6.68. The van der Waals surface area contributed by atoms with Crippen molar-refractivity contribution in [3.8, 4) is 0 Å². The van der Waals surface area contributed by atoms with Gasteiger partial charge in [-0.05, 0) is 24.6 Å². The van der Waals surface area contributed by atoms with Crippen LogP contribution >= 0.6 is 0 Å². The lowest BCUT2D eigenvalue weighted by molar-refractivity contribution is 1.31. The molecule has 2 nitrogen and oxygen atoms in total. The summed E-state index contributed by atoms with van der Waals surface area (Å²) in [6.07, 6.45) is 3.40. The number of fused-ring (bicyclic) bond motifs is 1. The van der Waals surface area contributed by atoms with E-state index in [9.17, 15) is 0 Å². The Balaban J connectivity index is 2.93. The fourth-order valence-electron chi connectivity index (χ4n) is 1.04. The minimum absolute atomic E-state index is 0.497. The summed E-state index contributed by atoms with van der Waals surface area (Å²) < 4.78 is 7.46. The number of H-pyrrole nitrogens is 1. The largest absolute Gasteiger partial charge is 0.346 e. The van der Waals surface area contributed by atoms with Gasteiger partial charge < -0.3 is 4.98 Å². The number of aryl methyl sites for hydroxylation is 1. The molecule has 2 aromatic heterocycles. The van der Waals surface area contributed by atoms with Crippen molar-refractivity contribution >= 4 is 11.0 Å². The van der Waals surface area contributed by atoms with Crippen LogP contribution in [0.1, 0.15) is 6.93 Å². The molecular formula is C8H8N2. The number of aromatic amines is 1. The van der Waals surface area contributed by atoms with Crippen LogP contribution in [0.5, 0.6) is 0 Å². The van der Waals surface area contributed by atoms with E-state index in [0.717, 1.165) is 16.6 Å². The lowest BCUT2D eigenvalue weighted by Gasteiger charge is -1.91. The number of aromatic nitrogens is 2. The van der Waals surface area contributed by atoms with Crippen LogP contribution in [0.4, 0.5) is 0 Å². The normalized spacial score (nSPS) is 11.9. The van der Waals surface area contributed by atoms with Crippen LogP contribution in [0.15, 0.2) is 24.5 Å². The molecule has 2 rings (SSSR count). The lowest BCUT2D eigenvalue weighted by atomic mass is 10.2. The van der Waals surface area contributed by atoms with Crippen LogP contribution in [0.25, 0.3) is 11.0 Å². The second-order valence-electron chi connectivity index (χ2n) is 2.27. The molecule has 0 amide bonds. The summed E-state index contributed by atoms with van der Waals surface area (Å²) in [5.74, 6) is 0. The molecule has 2 heterocycles. The van der Waals surface area contributed by atoms with Crippen molar-refractivity contribution in [1.29, 1.82) is 0 Å².